The SMILES string of the molecule is CCCCOc1cccc(OC)c1C(C)NC. The van der Waals surface area contributed by atoms with Crippen LogP contribution in [-0.4, -0.2) is 20.8 Å². The average molecular weight is 237 g/mol. The molecule has 17 heavy (non-hydrogen) atoms. The summed E-state index contributed by atoms with van der Waals surface area (Å²) >= 11 is 0. The lowest BCUT2D eigenvalue weighted by Gasteiger charge is -2.19. The first-order valence-electron chi connectivity index (χ1n) is 6.21. The van der Waals surface area contributed by atoms with Crippen molar-refractivity contribution in [3.8, 4) is 11.5 Å². The fourth-order valence-corrected chi connectivity index (χ4v) is 1.73. The van der Waals surface area contributed by atoms with Gasteiger partial charge in [0.2, 0.25) is 0 Å². The number of benzene rings is 1. The third-order valence-electron chi connectivity index (χ3n) is 2.87. The molecular weight excluding hydrogens is 214 g/mol. The summed E-state index contributed by atoms with van der Waals surface area (Å²) < 4.78 is 11.2. The fourth-order valence-electron chi connectivity index (χ4n) is 1.73. The number of rotatable bonds is 7. The van der Waals surface area contributed by atoms with Gasteiger partial charge in [0, 0.05) is 6.04 Å². The summed E-state index contributed by atoms with van der Waals surface area (Å²) in [6.45, 7) is 5.02. The molecule has 0 heterocycles. The van der Waals surface area contributed by atoms with Crippen molar-refractivity contribution in [1.29, 1.82) is 0 Å². The van der Waals surface area contributed by atoms with E-state index in [1.165, 1.54) is 0 Å². The van der Waals surface area contributed by atoms with Crippen molar-refractivity contribution < 1.29 is 9.47 Å². The van der Waals surface area contributed by atoms with Crippen molar-refractivity contribution >= 4 is 0 Å². The van der Waals surface area contributed by atoms with Crippen LogP contribution in [0.2, 0.25) is 0 Å². The van der Waals surface area contributed by atoms with Gasteiger partial charge in [-0.15, -0.1) is 0 Å². The molecule has 1 aromatic rings. The van der Waals surface area contributed by atoms with Gasteiger partial charge in [0.05, 0.1) is 19.3 Å². The van der Waals surface area contributed by atoms with Crippen molar-refractivity contribution in [2.45, 2.75) is 32.7 Å². The summed E-state index contributed by atoms with van der Waals surface area (Å²) in [5, 5.41) is 3.23. The molecule has 0 spiro atoms. The van der Waals surface area contributed by atoms with E-state index in [1.54, 1.807) is 7.11 Å². The van der Waals surface area contributed by atoms with Crippen molar-refractivity contribution in [3.05, 3.63) is 23.8 Å². The van der Waals surface area contributed by atoms with Gasteiger partial charge in [-0.2, -0.15) is 0 Å². The number of methoxy groups -OCH3 is 1. The Morgan fingerprint density at radius 1 is 1.29 bits per heavy atom. The molecule has 3 nitrogen and oxygen atoms in total. The number of unbranched alkanes of at least 4 members (excludes halogenated alkanes) is 1. The standard InChI is InChI=1S/C14H23NO2/c1-5-6-10-17-13-9-7-8-12(16-4)14(13)11(2)15-3/h7-9,11,15H,5-6,10H2,1-4H3. The normalized spacial score (nSPS) is 12.2. The number of ether oxygens (including phenoxy) is 2. The molecule has 0 aliphatic heterocycles. The summed E-state index contributed by atoms with van der Waals surface area (Å²) in [7, 11) is 3.63. The van der Waals surface area contributed by atoms with Crippen LogP contribution in [0.4, 0.5) is 0 Å². The predicted molar refractivity (Wildman–Crippen MR) is 70.9 cm³/mol. The van der Waals surface area contributed by atoms with Crippen LogP contribution < -0.4 is 14.8 Å². The average Bonchev–Trinajstić information content (AvgIpc) is 2.37. The van der Waals surface area contributed by atoms with Crippen LogP contribution in [0.5, 0.6) is 11.5 Å². The second-order valence-corrected chi connectivity index (χ2v) is 4.08. The minimum Gasteiger partial charge on any atom is -0.496 e. The highest BCUT2D eigenvalue weighted by Crippen LogP contribution is 2.33. The monoisotopic (exact) mass is 237 g/mol. The number of hydrogen-bond donors (Lipinski definition) is 1. The van der Waals surface area contributed by atoms with E-state index in [-0.39, 0.29) is 6.04 Å². The maximum Gasteiger partial charge on any atom is 0.127 e. The maximum absolute atomic E-state index is 5.82. The Morgan fingerprint density at radius 3 is 2.59 bits per heavy atom. The van der Waals surface area contributed by atoms with Gasteiger partial charge in [-0.1, -0.05) is 19.4 Å². The minimum absolute atomic E-state index is 0.211. The Labute approximate surface area is 104 Å². The van der Waals surface area contributed by atoms with Crippen LogP contribution >= 0.6 is 0 Å². The Kier molecular flexibility index (Phi) is 5.84. The summed E-state index contributed by atoms with van der Waals surface area (Å²) in [6, 6.07) is 6.14. The van der Waals surface area contributed by atoms with Crippen LogP contribution in [-0.2, 0) is 0 Å². The molecule has 0 radical (unpaired) electrons. The maximum atomic E-state index is 5.82. The van der Waals surface area contributed by atoms with E-state index in [4.69, 9.17) is 9.47 Å². The molecule has 3 heteroatoms. The summed E-state index contributed by atoms with van der Waals surface area (Å²) in [5.74, 6) is 1.79. The smallest absolute Gasteiger partial charge is 0.127 e. The molecule has 1 rings (SSSR count). The first-order chi connectivity index (χ1) is 8.24. The van der Waals surface area contributed by atoms with Crippen molar-refractivity contribution in [2.75, 3.05) is 20.8 Å². The van der Waals surface area contributed by atoms with Crippen LogP contribution in [0.25, 0.3) is 0 Å². The van der Waals surface area contributed by atoms with Gasteiger partial charge < -0.3 is 14.8 Å². The molecule has 0 bridgehead atoms. The van der Waals surface area contributed by atoms with Gasteiger partial charge in [0.15, 0.2) is 0 Å². The zero-order chi connectivity index (χ0) is 12.7. The molecule has 1 N–H and O–H groups in total. The zero-order valence-corrected chi connectivity index (χ0v) is 11.2. The first kappa shape index (κ1) is 13.8. The lowest BCUT2D eigenvalue weighted by atomic mass is 10.1. The fraction of sp³-hybridized carbons (Fsp3) is 0.571. The molecule has 0 amide bonds. The van der Waals surface area contributed by atoms with Gasteiger partial charge >= 0.3 is 0 Å². The van der Waals surface area contributed by atoms with E-state index in [1.807, 2.05) is 25.2 Å². The van der Waals surface area contributed by atoms with Crippen LogP contribution in [0.1, 0.15) is 38.3 Å². The van der Waals surface area contributed by atoms with Gasteiger partial charge in [-0.05, 0) is 32.5 Å². The minimum atomic E-state index is 0.211. The molecule has 0 saturated heterocycles. The summed E-state index contributed by atoms with van der Waals surface area (Å²) in [6.07, 6.45) is 2.21. The molecule has 1 atom stereocenters. The third-order valence-corrected chi connectivity index (χ3v) is 2.87. The van der Waals surface area contributed by atoms with Gasteiger partial charge in [0.25, 0.3) is 0 Å². The van der Waals surface area contributed by atoms with E-state index in [0.29, 0.717) is 0 Å². The molecule has 96 valence electrons. The van der Waals surface area contributed by atoms with Gasteiger partial charge in [0.1, 0.15) is 11.5 Å². The molecule has 0 saturated carbocycles. The Hall–Kier alpha value is -1.22. The quantitative estimate of drug-likeness (QED) is 0.739. The summed E-state index contributed by atoms with van der Waals surface area (Å²) in [5.41, 5.74) is 1.09. The van der Waals surface area contributed by atoms with E-state index >= 15 is 0 Å². The Balaban J connectivity index is 2.93. The zero-order valence-electron chi connectivity index (χ0n) is 11.2. The predicted octanol–water partition coefficient (Wildman–Crippen LogP) is 3.15. The molecule has 0 fully saturated rings. The van der Waals surface area contributed by atoms with E-state index in [0.717, 1.165) is 36.5 Å². The highest BCUT2D eigenvalue weighted by atomic mass is 16.5. The topological polar surface area (TPSA) is 30.5 Å². The van der Waals surface area contributed by atoms with Gasteiger partial charge in [-0.3, -0.25) is 0 Å². The Bertz CT molecular complexity index is 339. The van der Waals surface area contributed by atoms with Crippen LogP contribution in [0.15, 0.2) is 18.2 Å². The van der Waals surface area contributed by atoms with Crippen molar-refractivity contribution in [3.63, 3.8) is 0 Å². The number of nitrogens with one attached hydrogen (secondary N) is 1. The summed E-state index contributed by atoms with van der Waals surface area (Å²) in [4.78, 5) is 0. The largest absolute Gasteiger partial charge is 0.496 e. The van der Waals surface area contributed by atoms with E-state index in [2.05, 4.69) is 19.2 Å². The van der Waals surface area contributed by atoms with E-state index in [9.17, 15) is 0 Å². The van der Waals surface area contributed by atoms with E-state index < -0.39 is 0 Å². The second-order valence-electron chi connectivity index (χ2n) is 4.08. The molecule has 1 unspecified atom stereocenters. The molecule has 0 aliphatic rings. The lowest BCUT2D eigenvalue weighted by Crippen LogP contribution is -2.15. The number of hydrogen-bond acceptors (Lipinski definition) is 3. The third kappa shape index (κ3) is 3.63. The second kappa shape index (κ2) is 7.17. The lowest BCUT2D eigenvalue weighted by molar-refractivity contribution is 0.299. The molecule has 0 aliphatic carbocycles. The highest BCUT2D eigenvalue weighted by Gasteiger charge is 2.15. The first-order valence-corrected chi connectivity index (χ1v) is 6.21. The Morgan fingerprint density at radius 2 is 2.00 bits per heavy atom. The highest BCUT2D eigenvalue weighted by molar-refractivity contribution is 5.46. The molecule has 0 aromatic heterocycles. The van der Waals surface area contributed by atoms with Gasteiger partial charge in [-0.25, -0.2) is 0 Å². The van der Waals surface area contributed by atoms with Crippen molar-refractivity contribution in [1.82, 2.24) is 5.32 Å². The molecule has 1 aromatic carbocycles. The van der Waals surface area contributed by atoms with Crippen LogP contribution in [0, 0.1) is 0 Å². The van der Waals surface area contributed by atoms with Crippen LogP contribution in [0.3, 0.4) is 0 Å². The molecular formula is C14H23NO2. The van der Waals surface area contributed by atoms with Crippen molar-refractivity contribution in [2.24, 2.45) is 0 Å².